The third kappa shape index (κ3) is 6.71. The van der Waals surface area contributed by atoms with Gasteiger partial charge in [-0.05, 0) is 37.0 Å². The van der Waals surface area contributed by atoms with Gasteiger partial charge < -0.3 is 19.8 Å². The van der Waals surface area contributed by atoms with E-state index in [1.807, 2.05) is 29.2 Å². The number of carbonyl (C=O) groups is 2. The smallest absolute Gasteiger partial charge is 0.303 e. The minimum atomic E-state index is -0.760. The zero-order chi connectivity index (χ0) is 19.6. The van der Waals surface area contributed by atoms with Crippen molar-refractivity contribution in [1.82, 2.24) is 4.90 Å². The van der Waals surface area contributed by atoms with Gasteiger partial charge in [0.25, 0.3) is 0 Å². The Morgan fingerprint density at radius 2 is 2.11 bits per heavy atom. The summed E-state index contributed by atoms with van der Waals surface area (Å²) >= 11 is 0. The molecule has 1 aliphatic rings. The second kappa shape index (κ2) is 10.7. The summed E-state index contributed by atoms with van der Waals surface area (Å²) in [6.45, 7) is 0.677. The van der Waals surface area contributed by atoms with E-state index in [-0.39, 0.29) is 18.4 Å². The fourth-order valence-electron chi connectivity index (χ4n) is 3.33. The van der Waals surface area contributed by atoms with Crippen LogP contribution < -0.4 is 4.74 Å². The molecule has 148 valence electrons. The van der Waals surface area contributed by atoms with E-state index in [4.69, 9.17) is 9.84 Å². The largest absolute Gasteiger partial charge is 0.497 e. The molecular formula is C21H29NO5. The number of likely N-dealkylation sites (tertiary alicyclic amines) is 1. The Morgan fingerprint density at radius 3 is 2.85 bits per heavy atom. The number of unbranched alkanes of at least 4 members (excludes halogenated alkanes) is 3. The highest BCUT2D eigenvalue weighted by molar-refractivity contribution is 5.79. The number of ether oxygens (including phenoxy) is 1. The Kier molecular flexibility index (Phi) is 8.33. The van der Waals surface area contributed by atoms with Gasteiger partial charge in [-0.25, -0.2) is 0 Å². The third-order valence-corrected chi connectivity index (χ3v) is 4.87. The van der Waals surface area contributed by atoms with Crippen molar-refractivity contribution < 1.29 is 24.5 Å². The number of hydrogen-bond acceptors (Lipinski definition) is 4. The first-order valence-corrected chi connectivity index (χ1v) is 9.53. The second-order valence-corrected chi connectivity index (χ2v) is 6.86. The maximum absolute atomic E-state index is 12.1. The molecule has 1 aromatic carbocycles. The summed E-state index contributed by atoms with van der Waals surface area (Å²) in [7, 11) is 1.59. The van der Waals surface area contributed by atoms with E-state index >= 15 is 0 Å². The topological polar surface area (TPSA) is 87.1 Å². The number of methoxy groups -OCH3 is 1. The van der Waals surface area contributed by atoms with E-state index in [1.54, 1.807) is 19.3 Å². The summed E-state index contributed by atoms with van der Waals surface area (Å²) in [6, 6.07) is 7.31. The average Bonchev–Trinajstić information content (AvgIpc) is 3.02. The van der Waals surface area contributed by atoms with Crippen molar-refractivity contribution >= 4 is 11.9 Å². The van der Waals surface area contributed by atoms with Gasteiger partial charge in [0.15, 0.2) is 0 Å². The number of carboxylic acid groups (broad SMARTS) is 1. The van der Waals surface area contributed by atoms with E-state index in [9.17, 15) is 14.7 Å². The first-order chi connectivity index (χ1) is 13.0. The Bertz CT molecular complexity index is 658. The maximum atomic E-state index is 12.1. The van der Waals surface area contributed by atoms with Crippen LogP contribution in [0, 0.1) is 0 Å². The van der Waals surface area contributed by atoms with Crippen LogP contribution in [0.5, 0.6) is 5.75 Å². The molecule has 6 nitrogen and oxygen atoms in total. The van der Waals surface area contributed by atoms with Gasteiger partial charge in [-0.15, -0.1) is 0 Å². The number of aliphatic hydroxyl groups excluding tert-OH is 1. The van der Waals surface area contributed by atoms with Gasteiger partial charge >= 0.3 is 5.97 Å². The SMILES string of the molecule is COc1cccc([C@H](O)C=CC2CCC(=O)N2CCCCCCC(=O)O)c1. The quantitative estimate of drug-likeness (QED) is 0.458. The normalized spacial score (nSPS) is 18.2. The monoisotopic (exact) mass is 375 g/mol. The highest BCUT2D eigenvalue weighted by Crippen LogP contribution is 2.24. The molecule has 0 spiro atoms. The number of benzene rings is 1. The summed E-state index contributed by atoms with van der Waals surface area (Å²) in [6.07, 6.45) is 7.74. The first kappa shape index (κ1) is 21.0. The lowest BCUT2D eigenvalue weighted by Crippen LogP contribution is -2.32. The van der Waals surface area contributed by atoms with Crippen molar-refractivity contribution in [2.45, 2.75) is 57.1 Å². The van der Waals surface area contributed by atoms with Gasteiger partial charge in [0.05, 0.1) is 19.3 Å². The molecule has 0 bridgehead atoms. The van der Waals surface area contributed by atoms with Crippen molar-refractivity contribution in [2.24, 2.45) is 0 Å². The molecule has 2 atom stereocenters. The third-order valence-electron chi connectivity index (χ3n) is 4.87. The molecule has 27 heavy (non-hydrogen) atoms. The first-order valence-electron chi connectivity index (χ1n) is 9.53. The van der Waals surface area contributed by atoms with Crippen LogP contribution in [-0.4, -0.2) is 46.7 Å². The minimum Gasteiger partial charge on any atom is -0.497 e. The summed E-state index contributed by atoms with van der Waals surface area (Å²) in [5.41, 5.74) is 0.750. The molecule has 1 aliphatic heterocycles. The van der Waals surface area contributed by atoms with Gasteiger partial charge in [-0.3, -0.25) is 9.59 Å². The molecule has 1 unspecified atom stereocenters. The fourth-order valence-corrected chi connectivity index (χ4v) is 3.33. The number of aliphatic hydroxyl groups is 1. The van der Waals surface area contributed by atoms with Crippen molar-refractivity contribution in [3.05, 3.63) is 42.0 Å². The average molecular weight is 375 g/mol. The summed E-state index contributed by atoms with van der Waals surface area (Å²) in [4.78, 5) is 24.5. The number of rotatable bonds is 11. The Hall–Kier alpha value is -2.34. The van der Waals surface area contributed by atoms with Crippen LogP contribution >= 0.6 is 0 Å². The molecule has 1 saturated heterocycles. The van der Waals surface area contributed by atoms with E-state index in [1.165, 1.54) is 0 Å². The number of hydrogen-bond donors (Lipinski definition) is 2. The summed E-state index contributed by atoms with van der Waals surface area (Å²) < 4.78 is 5.18. The molecule has 0 aromatic heterocycles. The van der Waals surface area contributed by atoms with E-state index in [0.717, 1.165) is 31.2 Å². The lowest BCUT2D eigenvalue weighted by atomic mass is 10.1. The lowest BCUT2D eigenvalue weighted by molar-refractivity contribution is -0.137. The molecule has 0 radical (unpaired) electrons. The number of amides is 1. The van der Waals surface area contributed by atoms with Gasteiger partial charge in [0.2, 0.25) is 5.91 Å². The number of carbonyl (C=O) groups excluding carboxylic acids is 1. The van der Waals surface area contributed by atoms with Crippen molar-refractivity contribution in [3.8, 4) is 5.75 Å². The molecule has 2 N–H and O–H groups in total. The Morgan fingerprint density at radius 1 is 1.33 bits per heavy atom. The molecule has 2 rings (SSSR count). The Labute approximate surface area is 160 Å². The minimum absolute atomic E-state index is 0.0109. The molecule has 1 aromatic rings. The number of nitrogens with zero attached hydrogens (tertiary/aromatic N) is 1. The lowest BCUT2D eigenvalue weighted by Gasteiger charge is -2.22. The Balaban J connectivity index is 1.83. The molecular weight excluding hydrogens is 346 g/mol. The van der Waals surface area contributed by atoms with Crippen LogP contribution in [0.15, 0.2) is 36.4 Å². The fraction of sp³-hybridized carbons (Fsp3) is 0.524. The van der Waals surface area contributed by atoms with Crippen LogP contribution in [0.2, 0.25) is 0 Å². The zero-order valence-electron chi connectivity index (χ0n) is 15.8. The van der Waals surface area contributed by atoms with Crippen molar-refractivity contribution in [1.29, 1.82) is 0 Å². The molecule has 0 aliphatic carbocycles. The second-order valence-electron chi connectivity index (χ2n) is 6.86. The maximum Gasteiger partial charge on any atom is 0.303 e. The van der Waals surface area contributed by atoms with Crippen LogP contribution in [0.25, 0.3) is 0 Å². The van der Waals surface area contributed by atoms with Crippen LogP contribution in [0.1, 0.15) is 56.6 Å². The van der Waals surface area contributed by atoms with E-state index in [0.29, 0.717) is 25.1 Å². The molecule has 6 heteroatoms. The molecule has 0 saturated carbocycles. The predicted octanol–water partition coefficient (Wildman–Crippen LogP) is 3.31. The predicted molar refractivity (Wildman–Crippen MR) is 103 cm³/mol. The highest BCUT2D eigenvalue weighted by atomic mass is 16.5. The van der Waals surface area contributed by atoms with Crippen molar-refractivity contribution in [3.63, 3.8) is 0 Å². The summed E-state index contributed by atoms with van der Waals surface area (Å²) in [5, 5.41) is 19.0. The van der Waals surface area contributed by atoms with Crippen LogP contribution in [-0.2, 0) is 9.59 Å². The number of carboxylic acids is 1. The van der Waals surface area contributed by atoms with E-state index in [2.05, 4.69) is 0 Å². The van der Waals surface area contributed by atoms with Crippen LogP contribution in [0.4, 0.5) is 0 Å². The highest BCUT2D eigenvalue weighted by Gasteiger charge is 2.28. The van der Waals surface area contributed by atoms with E-state index < -0.39 is 12.1 Å². The number of aliphatic carboxylic acids is 1. The standard InChI is InChI=1S/C21H29NO5/c1-27-18-8-6-7-16(15-18)19(23)12-10-17-11-13-20(24)22(17)14-5-3-2-4-9-21(25)26/h6-8,10,12,15,17,19,23H,2-5,9,11,13-14H2,1H3,(H,25,26)/t17?,19-/m1/s1. The van der Waals surface area contributed by atoms with Gasteiger partial charge in [0.1, 0.15) is 5.75 Å². The molecule has 1 fully saturated rings. The van der Waals surface area contributed by atoms with Crippen molar-refractivity contribution in [2.75, 3.05) is 13.7 Å². The summed E-state index contributed by atoms with van der Waals surface area (Å²) in [5.74, 6) is 0.0797. The molecule has 1 amide bonds. The van der Waals surface area contributed by atoms with Gasteiger partial charge in [-0.2, -0.15) is 0 Å². The van der Waals surface area contributed by atoms with Crippen LogP contribution in [0.3, 0.4) is 0 Å². The zero-order valence-corrected chi connectivity index (χ0v) is 15.8. The van der Waals surface area contributed by atoms with Gasteiger partial charge in [0, 0.05) is 19.4 Å². The van der Waals surface area contributed by atoms with Gasteiger partial charge in [-0.1, -0.05) is 37.1 Å². The molecule has 1 heterocycles.